The maximum Gasteiger partial charge on any atom is 0.416 e. The Morgan fingerprint density at radius 3 is 2.42 bits per heavy atom. The summed E-state index contributed by atoms with van der Waals surface area (Å²) in [4.78, 5) is 12.5. The van der Waals surface area contributed by atoms with Crippen molar-refractivity contribution in [2.24, 2.45) is 0 Å². The van der Waals surface area contributed by atoms with E-state index in [0.717, 1.165) is 22.2 Å². The lowest BCUT2D eigenvalue weighted by Crippen LogP contribution is -2.06. The summed E-state index contributed by atoms with van der Waals surface area (Å²) in [5.74, 6) is -0.0833. The number of ether oxygens (including phenoxy) is 2. The lowest BCUT2D eigenvalue weighted by Gasteiger charge is -2.10. The molecule has 0 bridgehead atoms. The van der Waals surface area contributed by atoms with E-state index in [1.54, 1.807) is 6.92 Å². The Morgan fingerprint density at radius 1 is 1.08 bits per heavy atom. The van der Waals surface area contributed by atoms with Crippen LogP contribution in [0.25, 0.3) is 10.1 Å². The summed E-state index contributed by atoms with van der Waals surface area (Å²) in [6, 6.07) is 12.1. The first-order valence-electron chi connectivity index (χ1n) is 7.87. The Kier molecular flexibility index (Phi) is 5.18. The summed E-state index contributed by atoms with van der Waals surface area (Å²) in [6.07, 6.45) is -4.37. The number of alkyl halides is 3. The van der Waals surface area contributed by atoms with E-state index in [4.69, 9.17) is 9.47 Å². The lowest BCUT2D eigenvalue weighted by molar-refractivity contribution is -0.137. The fourth-order valence-electron chi connectivity index (χ4n) is 2.44. The van der Waals surface area contributed by atoms with Crippen LogP contribution >= 0.6 is 11.3 Å². The molecule has 0 N–H and O–H groups in total. The average Bonchev–Trinajstić information content (AvgIpc) is 2.98. The van der Waals surface area contributed by atoms with Crippen LogP contribution in [-0.4, -0.2) is 12.6 Å². The van der Waals surface area contributed by atoms with Gasteiger partial charge >= 0.3 is 12.1 Å². The molecule has 0 saturated heterocycles. The first-order valence-corrected chi connectivity index (χ1v) is 8.69. The molecule has 0 unspecified atom stereocenters. The second-order valence-corrected chi connectivity index (χ2v) is 6.51. The molecule has 7 heteroatoms. The normalized spacial score (nSPS) is 11.5. The van der Waals surface area contributed by atoms with Gasteiger partial charge in [0.15, 0.2) is 10.6 Å². The van der Waals surface area contributed by atoms with Crippen LogP contribution in [0.3, 0.4) is 0 Å². The SMILES string of the molecule is CCOC(=O)c1sc2ccccc2c1OCc1ccc(C(F)(F)F)cc1. The number of hydrogen-bond acceptors (Lipinski definition) is 4. The molecule has 2 aromatic carbocycles. The van der Waals surface area contributed by atoms with E-state index in [1.807, 2.05) is 24.3 Å². The van der Waals surface area contributed by atoms with Gasteiger partial charge in [-0.15, -0.1) is 11.3 Å². The molecule has 0 saturated carbocycles. The summed E-state index contributed by atoms with van der Waals surface area (Å²) in [5.41, 5.74) is -0.141. The van der Waals surface area contributed by atoms with Crippen LogP contribution in [0.4, 0.5) is 13.2 Å². The maximum absolute atomic E-state index is 12.6. The zero-order valence-corrected chi connectivity index (χ0v) is 14.6. The number of carbonyl (C=O) groups excluding carboxylic acids is 1. The van der Waals surface area contributed by atoms with Gasteiger partial charge in [-0.25, -0.2) is 4.79 Å². The number of esters is 1. The van der Waals surface area contributed by atoms with Crippen LogP contribution in [0.5, 0.6) is 5.75 Å². The smallest absolute Gasteiger partial charge is 0.416 e. The number of benzene rings is 2. The van der Waals surface area contributed by atoms with Gasteiger partial charge in [-0.05, 0) is 36.8 Å². The van der Waals surface area contributed by atoms with E-state index < -0.39 is 17.7 Å². The Morgan fingerprint density at radius 2 is 1.77 bits per heavy atom. The molecule has 1 heterocycles. The van der Waals surface area contributed by atoms with Gasteiger partial charge in [0.2, 0.25) is 0 Å². The maximum atomic E-state index is 12.6. The van der Waals surface area contributed by atoms with Crippen LogP contribution in [0.1, 0.15) is 27.7 Å². The first-order chi connectivity index (χ1) is 12.4. The van der Waals surface area contributed by atoms with E-state index in [-0.39, 0.29) is 13.2 Å². The molecule has 0 spiro atoms. The second kappa shape index (κ2) is 7.37. The fraction of sp³-hybridized carbons (Fsp3) is 0.211. The standard InChI is InChI=1S/C19H15F3O3S/c1-2-24-18(23)17-16(14-5-3-4-6-15(14)26-17)25-11-12-7-9-13(10-8-12)19(20,21)22/h3-10H,2,11H2,1H3. The molecule has 0 aliphatic carbocycles. The predicted molar refractivity (Wildman–Crippen MR) is 93.6 cm³/mol. The molecule has 0 atom stereocenters. The lowest BCUT2D eigenvalue weighted by atomic mass is 10.1. The van der Waals surface area contributed by atoms with Gasteiger partial charge in [-0.3, -0.25) is 0 Å². The van der Waals surface area contributed by atoms with Gasteiger partial charge in [0.1, 0.15) is 6.61 Å². The minimum Gasteiger partial charge on any atom is -0.486 e. The minimum atomic E-state index is -4.37. The third-order valence-corrected chi connectivity index (χ3v) is 4.81. The molecule has 3 nitrogen and oxygen atoms in total. The van der Waals surface area contributed by atoms with Crippen molar-refractivity contribution in [3.8, 4) is 5.75 Å². The highest BCUT2D eigenvalue weighted by Crippen LogP contribution is 2.38. The molecular weight excluding hydrogens is 365 g/mol. The number of thiophene rings is 1. The minimum absolute atomic E-state index is 0.0469. The molecule has 136 valence electrons. The Labute approximate surface area is 152 Å². The molecule has 0 aliphatic rings. The summed E-state index contributed by atoms with van der Waals surface area (Å²) >= 11 is 1.26. The van der Waals surface area contributed by atoms with Crippen LogP contribution < -0.4 is 4.74 Å². The highest BCUT2D eigenvalue weighted by Gasteiger charge is 2.30. The number of fused-ring (bicyclic) bond motifs is 1. The van der Waals surface area contributed by atoms with Crippen molar-refractivity contribution in [3.63, 3.8) is 0 Å². The van der Waals surface area contributed by atoms with E-state index in [1.165, 1.54) is 23.5 Å². The highest BCUT2D eigenvalue weighted by atomic mass is 32.1. The van der Waals surface area contributed by atoms with E-state index >= 15 is 0 Å². The Hall–Kier alpha value is -2.54. The van der Waals surface area contributed by atoms with Gasteiger partial charge in [-0.1, -0.05) is 24.3 Å². The molecule has 3 aromatic rings. The zero-order valence-electron chi connectivity index (χ0n) is 13.8. The Bertz CT molecular complexity index is 914. The van der Waals surface area contributed by atoms with E-state index in [0.29, 0.717) is 16.2 Å². The summed E-state index contributed by atoms with van der Waals surface area (Å²) in [6.45, 7) is 2.00. The molecular formula is C19H15F3O3S. The molecule has 3 rings (SSSR count). The largest absolute Gasteiger partial charge is 0.486 e. The summed E-state index contributed by atoms with van der Waals surface area (Å²) in [7, 11) is 0. The van der Waals surface area contributed by atoms with Crippen molar-refractivity contribution in [2.75, 3.05) is 6.61 Å². The van der Waals surface area contributed by atoms with Gasteiger partial charge in [0.25, 0.3) is 0 Å². The Balaban J connectivity index is 1.86. The third kappa shape index (κ3) is 3.83. The average molecular weight is 380 g/mol. The summed E-state index contributed by atoms with van der Waals surface area (Å²) < 4.78 is 49.6. The second-order valence-electron chi connectivity index (χ2n) is 5.46. The van der Waals surface area contributed by atoms with Crippen molar-refractivity contribution in [1.29, 1.82) is 0 Å². The van der Waals surface area contributed by atoms with Crippen LogP contribution in [0.15, 0.2) is 48.5 Å². The fourth-order valence-corrected chi connectivity index (χ4v) is 3.48. The van der Waals surface area contributed by atoms with Crippen LogP contribution in [-0.2, 0) is 17.5 Å². The molecule has 0 radical (unpaired) electrons. The van der Waals surface area contributed by atoms with Gasteiger partial charge in [-0.2, -0.15) is 13.2 Å². The van der Waals surface area contributed by atoms with Crippen molar-refractivity contribution >= 4 is 27.4 Å². The zero-order chi connectivity index (χ0) is 18.7. The van der Waals surface area contributed by atoms with Gasteiger partial charge < -0.3 is 9.47 Å². The number of rotatable bonds is 5. The monoisotopic (exact) mass is 380 g/mol. The topological polar surface area (TPSA) is 35.5 Å². The van der Waals surface area contributed by atoms with E-state index in [9.17, 15) is 18.0 Å². The van der Waals surface area contributed by atoms with Gasteiger partial charge in [0.05, 0.1) is 12.2 Å². The van der Waals surface area contributed by atoms with Gasteiger partial charge in [0, 0.05) is 10.1 Å². The van der Waals surface area contributed by atoms with Crippen LogP contribution in [0, 0.1) is 0 Å². The third-order valence-electron chi connectivity index (χ3n) is 3.68. The van der Waals surface area contributed by atoms with Crippen LogP contribution in [0.2, 0.25) is 0 Å². The van der Waals surface area contributed by atoms with Crippen molar-refractivity contribution in [2.45, 2.75) is 19.7 Å². The number of hydrogen-bond donors (Lipinski definition) is 0. The van der Waals surface area contributed by atoms with Crippen molar-refractivity contribution in [3.05, 3.63) is 64.5 Å². The molecule has 1 aromatic heterocycles. The first kappa shape index (κ1) is 18.3. The highest BCUT2D eigenvalue weighted by molar-refractivity contribution is 7.21. The predicted octanol–water partition coefficient (Wildman–Crippen LogP) is 5.68. The molecule has 0 fully saturated rings. The molecule has 0 amide bonds. The number of carbonyl (C=O) groups is 1. The summed E-state index contributed by atoms with van der Waals surface area (Å²) in [5, 5.41) is 0.771. The number of halogens is 3. The van der Waals surface area contributed by atoms with E-state index in [2.05, 4.69) is 0 Å². The molecule has 0 aliphatic heterocycles. The van der Waals surface area contributed by atoms with Crippen molar-refractivity contribution in [1.82, 2.24) is 0 Å². The molecule has 26 heavy (non-hydrogen) atoms. The quantitative estimate of drug-likeness (QED) is 0.535. The van der Waals surface area contributed by atoms with Crippen molar-refractivity contribution < 1.29 is 27.4 Å².